The third-order valence-electron chi connectivity index (χ3n) is 5.35. The molecule has 0 atom stereocenters. The number of hydrogen-bond donors (Lipinski definition) is 0. The Kier molecular flexibility index (Phi) is 30.1. The largest absolute Gasteiger partial charge is 1.00 e. The van der Waals surface area contributed by atoms with Crippen molar-refractivity contribution in [2.45, 2.75) is 117 Å². The fourth-order valence-corrected chi connectivity index (χ4v) is 3.63. The zero-order chi connectivity index (χ0) is 21.4. The third-order valence-corrected chi connectivity index (χ3v) is 5.35. The Hall–Kier alpha value is 0.546. The molecule has 0 fully saturated rings. The summed E-state index contributed by atoms with van der Waals surface area (Å²) in [6.07, 6.45) is 28.8. The van der Waals surface area contributed by atoms with E-state index in [0.29, 0.717) is 0 Å². The molecule has 3 nitrogen and oxygen atoms in total. The Balaban J connectivity index is 0. The quantitative estimate of drug-likeness (QED) is 0.146. The van der Waals surface area contributed by atoms with Crippen molar-refractivity contribution in [1.82, 2.24) is 4.90 Å². The molecule has 0 spiro atoms. The van der Waals surface area contributed by atoms with E-state index < -0.39 is 5.97 Å². The number of unbranched alkanes of at least 4 members (excludes halogenated alkanes) is 12. The Morgan fingerprint density at radius 2 is 1.00 bits per heavy atom. The number of rotatable bonds is 22. The average molecular weight is 446 g/mol. The van der Waals surface area contributed by atoms with E-state index in [4.69, 9.17) is 0 Å². The minimum Gasteiger partial charge on any atom is -0.549 e. The molecule has 30 heavy (non-hydrogen) atoms. The fraction of sp³-hybridized carbons (Fsp3) is 0.808. The van der Waals surface area contributed by atoms with Crippen molar-refractivity contribution in [2.24, 2.45) is 0 Å². The first-order chi connectivity index (χ1) is 14.2. The average Bonchev–Trinajstić information content (AvgIpc) is 2.70. The van der Waals surface area contributed by atoms with Crippen LogP contribution in [0, 0.1) is 0 Å². The second-order valence-electron chi connectivity index (χ2n) is 8.23. The molecular weight excluding hydrogens is 397 g/mol. The normalized spacial score (nSPS) is 11.6. The summed E-state index contributed by atoms with van der Waals surface area (Å²) in [5.74, 6) is -0.940. The van der Waals surface area contributed by atoms with Crippen molar-refractivity contribution in [1.29, 1.82) is 0 Å². The van der Waals surface area contributed by atoms with Crippen LogP contribution in [0.15, 0.2) is 24.3 Å². The molecule has 0 aromatic rings. The van der Waals surface area contributed by atoms with Gasteiger partial charge in [-0.15, -0.1) is 0 Å². The summed E-state index contributed by atoms with van der Waals surface area (Å²) in [4.78, 5) is 13.1. The number of carboxylic acid groups (broad SMARTS) is 1. The third kappa shape index (κ3) is 26.6. The van der Waals surface area contributed by atoms with Gasteiger partial charge in [-0.1, -0.05) is 89.5 Å². The topological polar surface area (TPSA) is 43.4 Å². The number of carbonyl (C=O) groups is 1. The number of hydrogen-bond acceptors (Lipinski definition) is 3. The maximum atomic E-state index is 11.0. The van der Waals surface area contributed by atoms with Gasteiger partial charge in [0.2, 0.25) is 0 Å². The predicted octanol–water partition coefficient (Wildman–Crippen LogP) is 3.44. The molecular formula is C26H48KNO2. The van der Waals surface area contributed by atoms with Gasteiger partial charge >= 0.3 is 51.4 Å². The van der Waals surface area contributed by atoms with Crippen LogP contribution < -0.4 is 56.5 Å². The van der Waals surface area contributed by atoms with Crippen LogP contribution >= 0.6 is 0 Å². The van der Waals surface area contributed by atoms with Crippen LogP contribution in [0.2, 0.25) is 0 Å². The van der Waals surface area contributed by atoms with Gasteiger partial charge in [0.15, 0.2) is 0 Å². The maximum Gasteiger partial charge on any atom is 1.00 e. The van der Waals surface area contributed by atoms with E-state index in [-0.39, 0.29) is 57.9 Å². The van der Waals surface area contributed by atoms with Gasteiger partial charge in [0.1, 0.15) is 0 Å². The van der Waals surface area contributed by atoms with Gasteiger partial charge in [-0.3, -0.25) is 4.90 Å². The Bertz CT molecular complexity index is 380. The molecule has 0 aliphatic carbocycles. The van der Waals surface area contributed by atoms with E-state index in [2.05, 4.69) is 43.1 Å². The number of carboxylic acids is 1. The van der Waals surface area contributed by atoms with Crippen LogP contribution in [0.25, 0.3) is 0 Å². The maximum absolute atomic E-state index is 11.0. The van der Waals surface area contributed by atoms with Crippen molar-refractivity contribution < 1.29 is 61.3 Å². The van der Waals surface area contributed by atoms with Gasteiger partial charge in [0.25, 0.3) is 0 Å². The molecule has 0 rings (SSSR count). The van der Waals surface area contributed by atoms with E-state index in [1.807, 2.05) is 0 Å². The molecule has 0 saturated carbocycles. The number of allylic oxidation sites excluding steroid dienone is 4. The van der Waals surface area contributed by atoms with Gasteiger partial charge in [0, 0.05) is 6.54 Å². The molecule has 0 aromatic heterocycles. The van der Waals surface area contributed by atoms with Crippen LogP contribution in [0.5, 0.6) is 0 Å². The predicted molar refractivity (Wildman–Crippen MR) is 125 cm³/mol. The van der Waals surface area contributed by atoms with Crippen molar-refractivity contribution in [3.63, 3.8) is 0 Å². The summed E-state index contributed by atoms with van der Waals surface area (Å²) in [6, 6.07) is 0. The van der Waals surface area contributed by atoms with Crippen LogP contribution in [-0.2, 0) is 4.79 Å². The van der Waals surface area contributed by atoms with Crippen LogP contribution in [0.1, 0.15) is 117 Å². The summed E-state index contributed by atoms with van der Waals surface area (Å²) < 4.78 is 0. The molecule has 0 aliphatic rings. The van der Waals surface area contributed by atoms with Gasteiger partial charge in [-0.2, -0.15) is 0 Å². The molecule has 0 aliphatic heterocycles. The first kappa shape index (κ1) is 32.7. The van der Waals surface area contributed by atoms with Gasteiger partial charge in [-0.25, -0.2) is 0 Å². The molecule has 4 heteroatoms. The molecule has 0 heterocycles. The second kappa shape index (κ2) is 27.6. The fourth-order valence-electron chi connectivity index (χ4n) is 3.63. The zero-order valence-electron chi connectivity index (χ0n) is 20.5. The molecule has 0 saturated heterocycles. The van der Waals surface area contributed by atoms with E-state index in [9.17, 15) is 9.90 Å². The van der Waals surface area contributed by atoms with Gasteiger partial charge in [0.05, 0.1) is 5.97 Å². The first-order valence-electron chi connectivity index (χ1n) is 12.4. The Morgan fingerprint density at radius 1 is 0.633 bits per heavy atom. The Morgan fingerprint density at radius 3 is 1.37 bits per heavy atom. The number of carbonyl (C=O) groups excluding carboxylic acids is 1. The smallest absolute Gasteiger partial charge is 0.549 e. The molecule has 0 bridgehead atoms. The monoisotopic (exact) mass is 445 g/mol. The number of nitrogens with zero attached hydrogens (tertiary/aromatic N) is 1. The van der Waals surface area contributed by atoms with Gasteiger partial charge in [-0.05, 0) is 64.5 Å². The molecule has 0 aromatic carbocycles. The molecule has 0 unspecified atom stereocenters. The molecule has 0 radical (unpaired) electrons. The van der Waals surface area contributed by atoms with E-state index in [1.54, 1.807) is 0 Å². The van der Waals surface area contributed by atoms with Crippen molar-refractivity contribution in [2.75, 3.05) is 19.6 Å². The van der Waals surface area contributed by atoms with Crippen LogP contribution in [0.4, 0.5) is 0 Å². The van der Waals surface area contributed by atoms with E-state index in [0.717, 1.165) is 38.8 Å². The summed E-state index contributed by atoms with van der Waals surface area (Å²) in [6.45, 7) is 6.24. The van der Waals surface area contributed by atoms with Crippen molar-refractivity contribution in [3.05, 3.63) is 24.3 Å². The van der Waals surface area contributed by atoms with E-state index >= 15 is 0 Å². The van der Waals surface area contributed by atoms with E-state index in [1.165, 1.54) is 77.0 Å². The summed E-state index contributed by atoms with van der Waals surface area (Å²) in [7, 11) is 0. The van der Waals surface area contributed by atoms with Gasteiger partial charge < -0.3 is 9.90 Å². The molecule has 0 N–H and O–H groups in total. The minimum atomic E-state index is -0.940. The second-order valence-corrected chi connectivity index (χ2v) is 8.23. The van der Waals surface area contributed by atoms with Crippen molar-refractivity contribution >= 4 is 5.97 Å². The van der Waals surface area contributed by atoms with Crippen LogP contribution in [-0.4, -0.2) is 30.5 Å². The zero-order valence-corrected chi connectivity index (χ0v) is 23.6. The Labute approximate surface area is 230 Å². The first-order valence-corrected chi connectivity index (χ1v) is 12.4. The summed E-state index contributed by atoms with van der Waals surface area (Å²) in [5.41, 5.74) is 0. The summed E-state index contributed by atoms with van der Waals surface area (Å²) in [5, 5.41) is 11.0. The van der Waals surface area contributed by atoms with Crippen molar-refractivity contribution in [3.8, 4) is 0 Å². The molecule has 170 valence electrons. The van der Waals surface area contributed by atoms with Crippen LogP contribution in [0.3, 0.4) is 0 Å². The standard InChI is InChI=1S/C26H49NO2.K/c1-3-5-7-9-11-13-15-17-19-21-23-27(25-26(28)29)24-22-20-18-16-14-12-10-8-6-4-2;/h5-8H,3-4,9-25H2,1-2H3,(H,28,29);/q;+1/p-1/b7-5+,8-6+;. The number of aliphatic carboxylic acids is 1. The summed E-state index contributed by atoms with van der Waals surface area (Å²) >= 11 is 0. The minimum absolute atomic E-state index is 0. The molecule has 0 amide bonds. The SMILES string of the molecule is CC/C=C/CCCCCCCCN(CCCCCCCC/C=C/CC)CC(=O)[O-].[K+].